The third-order valence-corrected chi connectivity index (χ3v) is 5.17. The van der Waals surface area contributed by atoms with Crippen LogP contribution in [0.15, 0.2) is 30.3 Å². The average Bonchev–Trinajstić information content (AvgIpc) is 2.65. The number of esters is 2. The maximum Gasteiger partial charge on any atom is 0.308 e. The number of nitrogens with zero attached hydrogens (tertiary/aromatic N) is 1. The molecular formula is C22H21ClFNO5. The zero-order valence-corrected chi connectivity index (χ0v) is 17.6. The van der Waals surface area contributed by atoms with E-state index in [2.05, 4.69) is 0 Å². The van der Waals surface area contributed by atoms with Crippen molar-refractivity contribution in [3.63, 3.8) is 0 Å². The molecule has 1 aliphatic rings. The molecule has 0 fully saturated rings. The van der Waals surface area contributed by atoms with Crippen molar-refractivity contribution in [2.45, 2.75) is 39.7 Å². The van der Waals surface area contributed by atoms with E-state index in [1.54, 1.807) is 6.07 Å². The molecule has 1 atom stereocenters. The van der Waals surface area contributed by atoms with Crippen LogP contribution in [-0.4, -0.2) is 30.3 Å². The van der Waals surface area contributed by atoms with Crippen LogP contribution in [-0.2, 0) is 16.0 Å². The number of halogens is 2. The Bertz CT molecular complexity index is 1020. The van der Waals surface area contributed by atoms with Gasteiger partial charge in [-0.2, -0.15) is 0 Å². The number of carbonyl (C=O) groups is 3. The minimum atomic E-state index is -0.632. The minimum Gasteiger partial charge on any atom is -0.426 e. The fourth-order valence-electron chi connectivity index (χ4n) is 3.50. The van der Waals surface area contributed by atoms with E-state index in [4.69, 9.17) is 21.1 Å². The summed E-state index contributed by atoms with van der Waals surface area (Å²) in [5.74, 6) is -1.95. The van der Waals surface area contributed by atoms with Gasteiger partial charge < -0.3 is 14.4 Å². The highest BCUT2D eigenvalue weighted by molar-refractivity contribution is 6.32. The summed E-state index contributed by atoms with van der Waals surface area (Å²) in [7, 11) is 0. The molecule has 6 nitrogen and oxygen atoms in total. The first-order valence-corrected chi connectivity index (χ1v) is 9.82. The van der Waals surface area contributed by atoms with Gasteiger partial charge in [-0.1, -0.05) is 11.6 Å². The number of hydrogen-bond donors (Lipinski definition) is 0. The van der Waals surface area contributed by atoms with Crippen LogP contribution >= 0.6 is 11.6 Å². The summed E-state index contributed by atoms with van der Waals surface area (Å²) in [6.07, 6.45) is 1.49. The van der Waals surface area contributed by atoms with Gasteiger partial charge in [0.05, 0.1) is 17.1 Å². The summed E-state index contributed by atoms with van der Waals surface area (Å²) in [6, 6.07) is 7.14. The summed E-state index contributed by atoms with van der Waals surface area (Å²) in [4.78, 5) is 37.8. The van der Waals surface area contributed by atoms with Crippen molar-refractivity contribution in [2.24, 2.45) is 0 Å². The Morgan fingerprint density at radius 3 is 2.43 bits per heavy atom. The van der Waals surface area contributed by atoms with Crippen molar-refractivity contribution >= 4 is 35.0 Å². The minimum absolute atomic E-state index is 0.0101. The van der Waals surface area contributed by atoms with E-state index in [0.29, 0.717) is 0 Å². The molecule has 0 saturated carbocycles. The Balaban J connectivity index is 1.95. The molecule has 0 spiro atoms. The Morgan fingerprint density at radius 2 is 1.77 bits per heavy atom. The van der Waals surface area contributed by atoms with Crippen LogP contribution in [0.4, 0.5) is 10.1 Å². The van der Waals surface area contributed by atoms with Crippen LogP contribution in [0.5, 0.6) is 11.5 Å². The number of ether oxygens (including phenoxy) is 2. The fourth-order valence-corrected chi connectivity index (χ4v) is 3.70. The molecule has 0 aromatic heterocycles. The standard InChI is InChI=1S/C22H21ClFNO5/c1-12-4-5-15-8-16(24)6-7-19(15)25(12)11-20(28)17-9-18(23)22(30-14(3)27)10-21(17)29-13(2)26/h6-10,12H,4-5,11H2,1-3H3. The molecule has 1 heterocycles. The first-order chi connectivity index (χ1) is 14.2. The highest BCUT2D eigenvalue weighted by atomic mass is 35.5. The van der Waals surface area contributed by atoms with Crippen LogP contribution in [0.25, 0.3) is 0 Å². The van der Waals surface area contributed by atoms with E-state index in [0.717, 1.165) is 24.1 Å². The number of anilines is 1. The topological polar surface area (TPSA) is 72.9 Å². The lowest BCUT2D eigenvalue weighted by molar-refractivity contribution is -0.132. The average molecular weight is 434 g/mol. The summed E-state index contributed by atoms with van der Waals surface area (Å²) in [6.45, 7) is 4.38. The maximum absolute atomic E-state index is 13.6. The number of hydrogen-bond acceptors (Lipinski definition) is 6. The molecule has 0 aliphatic carbocycles. The van der Waals surface area contributed by atoms with Crippen LogP contribution in [0.1, 0.15) is 43.1 Å². The third-order valence-electron chi connectivity index (χ3n) is 4.87. The molecular weight excluding hydrogens is 413 g/mol. The molecule has 0 saturated heterocycles. The second-order valence-corrected chi connectivity index (χ2v) is 7.59. The lowest BCUT2D eigenvalue weighted by Gasteiger charge is -2.36. The van der Waals surface area contributed by atoms with E-state index >= 15 is 0 Å². The zero-order valence-electron chi connectivity index (χ0n) is 16.8. The molecule has 0 amide bonds. The van der Waals surface area contributed by atoms with Gasteiger partial charge >= 0.3 is 11.9 Å². The second kappa shape index (κ2) is 8.83. The van der Waals surface area contributed by atoms with E-state index in [1.165, 1.54) is 38.1 Å². The molecule has 30 heavy (non-hydrogen) atoms. The molecule has 0 N–H and O–H groups in total. The molecule has 2 aromatic carbocycles. The maximum atomic E-state index is 13.6. The first-order valence-electron chi connectivity index (χ1n) is 9.44. The molecule has 1 unspecified atom stereocenters. The van der Waals surface area contributed by atoms with Gasteiger partial charge in [0.15, 0.2) is 11.5 Å². The van der Waals surface area contributed by atoms with E-state index in [-0.39, 0.29) is 46.3 Å². The van der Waals surface area contributed by atoms with Crippen LogP contribution in [0, 0.1) is 5.82 Å². The van der Waals surface area contributed by atoms with Gasteiger partial charge in [-0.15, -0.1) is 0 Å². The molecule has 1 aliphatic heterocycles. The Labute approximate surface area is 178 Å². The van der Waals surface area contributed by atoms with Gasteiger partial charge in [0.2, 0.25) is 0 Å². The Kier molecular flexibility index (Phi) is 6.41. The van der Waals surface area contributed by atoms with Gasteiger partial charge in [0, 0.05) is 31.6 Å². The smallest absolute Gasteiger partial charge is 0.308 e. The third kappa shape index (κ3) is 4.79. The monoisotopic (exact) mass is 433 g/mol. The highest BCUT2D eigenvalue weighted by Gasteiger charge is 2.27. The molecule has 0 bridgehead atoms. The van der Waals surface area contributed by atoms with Gasteiger partial charge in [-0.25, -0.2) is 4.39 Å². The number of fused-ring (bicyclic) bond motifs is 1. The SMILES string of the molecule is CC(=O)Oc1cc(OC(C)=O)c(C(=O)CN2c3ccc(F)cc3CCC2C)cc1Cl. The van der Waals surface area contributed by atoms with Gasteiger partial charge in [0.25, 0.3) is 0 Å². The van der Waals surface area contributed by atoms with Crippen LogP contribution < -0.4 is 14.4 Å². The normalized spacial score (nSPS) is 15.4. The summed E-state index contributed by atoms with van der Waals surface area (Å²) in [5, 5.41) is 0.0404. The van der Waals surface area contributed by atoms with E-state index in [9.17, 15) is 18.8 Å². The number of Topliss-reactive ketones (excluding diaryl/α,β-unsaturated/α-hetero) is 1. The lowest BCUT2D eigenvalue weighted by Crippen LogP contribution is -2.41. The number of rotatable bonds is 5. The highest BCUT2D eigenvalue weighted by Crippen LogP contribution is 2.35. The van der Waals surface area contributed by atoms with Crippen molar-refractivity contribution in [3.05, 3.63) is 52.3 Å². The zero-order chi connectivity index (χ0) is 22.0. The molecule has 0 radical (unpaired) electrons. The summed E-state index contributed by atoms with van der Waals surface area (Å²) in [5.41, 5.74) is 1.72. The predicted octanol–water partition coefficient (Wildman–Crippen LogP) is 4.35. The van der Waals surface area contributed by atoms with Crippen molar-refractivity contribution in [3.8, 4) is 11.5 Å². The fraction of sp³-hybridized carbons (Fsp3) is 0.318. The number of carbonyl (C=O) groups excluding carboxylic acids is 3. The van der Waals surface area contributed by atoms with Crippen molar-refractivity contribution < 1.29 is 28.2 Å². The van der Waals surface area contributed by atoms with Gasteiger partial charge in [0.1, 0.15) is 11.6 Å². The van der Waals surface area contributed by atoms with Crippen molar-refractivity contribution in [1.29, 1.82) is 0 Å². The van der Waals surface area contributed by atoms with Gasteiger partial charge in [-0.05, 0) is 49.6 Å². The number of benzene rings is 2. The summed E-state index contributed by atoms with van der Waals surface area (Å²) >= 11 is 6.17. The van der Waals surface area contributed by atoms with Gasteiger partial charge in [-0.3, -0.25) is 14.4 Å². The largest absolute Gasteiger partial charge is 0.426 e. The Morgan fingerprint density at radius 1 is 1.10 bits per heavy atom. The molecule has 3 rings (SSSR count). The van der Waals surface area contributed by atoms with Crippen molar-refractivity contribution in [1.82, 2.24) is 0 Å². The van der Waals surface area contributed by atoms with E-state index in [1.807, 2.05) is 11.8 Å². The second-order valence-electron chi connectivity index (χ2n) is 7.18. The van der Waals surface area contributed by atoms with Crippen LogP contribution in [0.2, 0.25) is 5.02 Å². The number of aryl methyl sites for hydroxylation is 1. The molecule has 2 aromatic rings. The summed E-state index contributed by atoms with van der Waals surface area (Å²) < 4.78 is 23.8. The molecule has 8 heteroatoms. The molecule has 158 valence electrons. The number of ketones is 1. The van der Waals surface area contributed by atoms with Crippen LogP contribution in [0.3, 0.4) is 0 Å². The quantitative estimate of drug-likeness (QED) is 0.396. The van der Waals surface area contributed by atoms with Crippen molar-refractivity contribution in [2.75, 3.05) is 11.4 Å². The lowest BCUT2D eigenvalue weighted by atomic mass is 9.95. The first kappa shape index (κ1) is 21.8. The Hall–Kier alpha value is -2.93. The predicted molar refractivity (Wildman–Crippen MR) is 110 cm³/mol. The van der Waals surface area contributed by atoms with E-state index < -0.39 is 11.9 Å².